The second-order valence-electron chi connectivity index (χ2n) is 6.66. The Kier molecular flexibility index (Phi) is 12.0. The van der Waals surface area contributed by atoms with Crippen molar-refractivity contribution < 1.29 is 19.5 Å². The van der Waals surface area contributed by atoms with Crippen molar-refractivity contribution in [1.82, 2.24) is 10.2 Å². The molecule has 2 N–H and O–H groups in total. The summed E-state index contributed by atoms with van der Waals surface area (Å²) in [6.45, 7) is 4.79. The first-order valence-corrected chi connectivity index (χ1v) is 9.79. The minimum atomic E-state index is -0.172. The van der Waals surface area contributed by atoms with Crippen molar-refractivity contribution in [2.75, 3.05) is 32.8 Å². The van der Waals surface area contributed by atoms with Crippen LogP contribution in [0.5, 0.6) is 0 Å². The van der Waals surface area contributed by atoms with E-state index in [1.807, 2.05) is 0 Å². The van der Waals surface area contributed by atoms with Crippen LogP contribution in [0.3, 0.4) is 0 Å². The molecule has 0 bridgehead atoms. The standard InChI is InChI=1S/C21H32N2O4/c1-2-3-4-5-13-23(14-10-20(26)11-16-24)15-12-22-21(27)19-8-6-18(17-25)7-9-19/h6-9,17,24H,2-5,10-16H2,1H3,(H,22,27). The van der Waals surface area contributed by atoms with Crippen LogP contribution < -0.4 is 5.32 Å². The molecule has 0 fully saturated rings. The van der Waals surface area contributed by atoms with Crippen LogP contribution in [0, 0.1) is 0 Å². The number of carbonyl (C=O) groups excluding carboxylic acids is 3. The summed E-state index contributed by atoms with van der Waals surface area (Å²) in [6.07, 6.45) is 5.98. The van der Waals surface area contributed by atoms with E-state index in [1.54, 1.807) is 24.3 Å². The van der Waals surface area contributed by atoms with E-state index >= 15 is 0 Å². The van der Waals surface area contributed by atoms with Crippen molar-refractivity contribution in [3.05, 3.63) is 35.4 Å². The van der Waals surface area contributed by atoms with E-state index in [2.05, 4.69) is 17.1 Å². The molecular weight excluding hydrogens is 344 g/mol. The molecule has 150 valence electrons. The second-order valence-corrected chi connectivity index (χ2v) is 6.66. The van der Waals surface area contributed by atoms with Crippen LogP contribution in [0.15, 0.2) is 24.3 Å². The molecule has 0 radical (unpaired) electrons. The van der Waals surface area contributed by atoms with Gasteiger partial charge in [-0.3, -0.25) is 14.4 Å². The van der Waals surface area contributed by atoms with Gasteiger partial charge in [-0.2, -0.15) is 0 Å². The number of rotatable bonds is 15. The van der Waals surface area contributed by atoms with Gasteiger partial charge in [-0.05, 0) is 25.1 Å². The maximum absolute atomic E-state index is 12.2. The van der Waals surface area contributed by atoms with Crippen LogP contribution in [0.2, 0.25) is 0 Å². The largest absolute Gasteiger partial charge is 0.396 e. The van der Waals surface area contributed by atoms with Crippen LogP contribution in [0.25, 0.3) is 0 Å². The Bertz CT molecular complexity index is 572. The van der Waals surface area contributed by atoms with Gasteiger partial charge < -0.3 is 15.3 Å². The molecule has 0 aliphatic heterocycles. The van der Waals surface area contributed by atoms with Crippen LogP contribution in [-0.4, -0.2) is 60.8 Å². The average Bonchev–Trinajstić information content (AvgIpc) is 2.69. The molecule has 1 amide bonds. The number of aliphatic hydroxyl groups is 1. The molecule has 0 saturated heterocycles. The Labute approximate surface area is 161 Å². The first-order valence-electron chi connectivity index (χ1n) is 9.79. The summed E-state index contributed by atoms with van der Waals surface area (Å²) in [5.74, 6) is -0.106. The maximum Gasteiger partial charge on any atom is 0.251 e. The van der Waals surface area contributed by atoms with Gasteiger partial charge in [0, 0.05) is 50.2 Å². The number of Topliss-reactive ketones (excluding diaryl/α,β-unsaturated/α-hetero) is 1. The van der Waals surface area contributed by atoms with Gasteiger partial charge >= 0.3 is 0 Å². The number of amides is 1. The van der Waals surface area contributed by atoms with Crippen LogP contribution >= 0.6 is 0 Å². The molecule has 0 saturated carbocycles. The summed E-state index contributed by atoms with van der Waals surface area (Å²) in [7, 11) is 0. The lowest BCUT2D eigenvalue weighted by molar-refractivity contribution is -0.120. The Hall–Kier alpha value is -2.05. The molecule has 0 unspecified atom stereocenters. The van der Waals surface area contributed by atoms with Crippen LogP contribution in [-0.2, 0) is 4.79 Å². The molecule has 0 aromatic heterocycles. The van der Waals surface area contributed by atoms with Crippen molar-refractivity contribution in [2.24, 2.45) is 0 Å². The number of carbonyl (C=O) groups is 3. The number of aliphatic hydroxyl groups excluding tert-OH is 1. The van der Waals surface area contributed by atoms with E-state index < -0.39 is 0 Å². The highest BCUT2D eigenvalue weighted by Crippen LogP contribution is 2.04. The molecule has 1 rings (SSSR count). The summed E-state index contributed by atoms with van der Waals surface area (Å²) in [6, 6.07) is 6.51. The topological polar surface area (TPSA) is 86.7 Å². The third-order valence-electron chi connectivity index (χ3n) is 4.45. The number of hydrogen-bond donors (Lipinski definition) is 2. The van der Waals surface area contributed by atoms with Gasteiger partial charge in [-0.1, -0.05) is 38.3 Å². The molecule has 1 aromatic rings. The monoisotopic (exact) mass is 376 g/mol. The van der Waals surface area contributed by atoms with Crippen LogP contribution in [0.4, 0.5) is 0 Å². The molecule has 6 heteroatoms. The van der Waals surface area contributed by atoms with Gasteiger partial charge in [0.05, 0.1) is 0 Å². The summed E-state index contributed by atoms with van der Waals surface area (Å²) >= 11 is 0. The fourth-order valence-electron chi connectivity index (χ4n) is 2.77. The zero-order valence-corrected chi connectivity index (χ0v) is 16.3. The van der Waals surface area contributed by atoms with Crippen LogP contribution in [0.1, 0.15) is 66.2 Å². The molecule has 0 heterocycles. The first kappa shape index (κ1) is 23.0. The molecule has 0 spiro atoms. The van der Waals surface area contributed by atoms with E-state index in [9.17, 15) is 14.4 Å². The van der Waals surface area contributed by atoms with Gasteiger partial charge in [0.25, 0.3) is 5.91 Å². The third-order valence-corrected chi connectivity index (χ3v) is 4.45. The lowest BCUT2D eigenvalue weighted by Gasteiger charge is -2.22. The molecule has 0 aliphatic rings. The summed E-state index contributed by atoms with van der Waals surface area (Å²) in [5.41, 5.74) is 1.06. The first-order chi connectivity index (χ1) is 13.1. The summed E-state index contributed by atoms with van der Waals surface area (Å²) < 4.78 is 0. The average molecular weight is 376 g/mol. The maximum atomic E-state index is 12.2. The van der Waals surface area contributed by atoms with Gasteiger partial charge in [0.1, 0.15) is 12.1 Å². The van der Waals surface area contributed by atoms with Crippen molar-refractivity contribution in [3.63, 3.8) is 0 Å². The number of nitrogens with one attached hydrogen (secondary N) is 1. The summed E-state index contributed by atoms with van der Waals surface area (Å²) in [4.78, 5) is 36.7. The smallest absolute Gasteiger partial charge is 0.251 e. The number of unbranched alkanes of at least 4 members (excludes halogenated alkanes) is 3. The highest BCUT2D eigenvalue weighted by Gasteiger charge is 2.10. The highest BCUT2D eigenvalue weighted by molar-refractivity contribution is 5.94. The van der Waals surface area contributed by atoms with E-state index in [0.29, 0.717) is 37.2 Å². The van der Waals surface area contributed by atoms with E-state index in [4.69, 9.17) is 5.11 Å². The number of nitrogens with zero attached hydrogens (tertiary/aromatic N) is 1. The molecule has 0 aliphatic carbocycles. The van der Waals surface area contributed by atoms with Gasteiger partial charge in [0.2, 0.25) is 0 Å². The van der Waals surface area contributed by atoms with Crippen molar-refractivity contribution >= 4 is 18.0 Å². The zero-order chi connectivity index (χ0) is 19.9. The molecule has 27 heavy (non-hydrogen) atoms. The fraction of sp³-hybridized carbons (Fsp3) is 0.571. The Balaban J connectivity index is 2.43. The Morgan fingerprint density at radius 2 is 1.78 bits per heavy atom. The van der Waals surface area contributed by atoms with Gasteiger partial charge in [-0.15, -0.1) is 0 Å². The highest BCUT2D eigenvalue weighted by atomic mass is 16.3. The third kappa shape index (κ3) is 10.0. The number of hydrogen-bond acceptors (Lipinski definition) is 5. The lowest BCUT2D eigenvalue weighted by atomic mass is 10.1. The van der Waals surface area contributed by atoms with Gasteiger partial charge in [-0.25, -0.2) is 0 Å². The SMILES string of the molecule is CCCCCCN(CCNC(=O)c1ccc(C=O)cc1)CCC(=O)CCO. The van der Waals surface area contributed by atoms with E-state index in [1.165, 1.54) is 12.8 Å². The van der Waals surface area contributed by atoms with E-state index in [0.717, 1.165) is 25.7 Å². The Morgan fingerprint density at radius 3 is 2.41 bits per heavy atom. The predicted octanol–water partition coefficient (Wildman–Crippen LogP) is 2.45. The van der Waals surface area contributed by atoms with Crippen molar-refractivity contribution in [2.45, 2.75) is 45.4 Å². The van der Waals surface area contributed by atoms with Crippen molar-refractivity contribution in [1.29, 1.82) is 0 Å². The zero-order valence-electron chi connectivity index (χ0n) is 16.3. The summed E-state index contributed by atoms with van der Waals surface area (Å²) in [5, 5.41) is 11.7. The fourth-order valence-corrected chi connectivity index (χ4v) is 2.77. The van der Waals surface area contributed by atoms with Gasteiger partial charge in [0.15, 0.2) is 0 Å². The number of aldehydes is 1. The molecule has 0 atom stereocenters. The quantitative estimate of drug-likeness (QED) is 0.363. The second kappa shape index (κ2) is 14.1. The minimum absolute atomic E-state index is 0.0651. The molecule has 1 aromatic carbocycles. The predicted molar refractivity (Wildman–Crippen MR) is 106 cm³/mol. The van der Waals surface area contributed by atoms with E-state index in [-0.39, 0.29) is 24.7 Å². The number of ketones is 1. The minimum Gasteiger partial charge on any atom is -0.396 e. The normalized spacial score (nSPS) is 10.8. The molecule has 6 nitrogen and oxygen atoms in total. The molecular formula is C21H32N2O4. The lowest BCUT2D eigenvalue weighted by Crippen LogP contribution is -2.36. The number of benzene rings is 1. The van der Waals surface area contributed by atoms with Crippen molar-refractivity contribution in [3.8, 4) is 0 Å². The Morgan fingerprint density at radius 1 is 1.04 bits per heavy atom.